The van der Waals surface area contributed by atoms with Crippen molar-refractivity contribution in [3.8, 4) is 11.5 Å². The van der Waals surface area contributed by atoms with Crippen LogP contribution in [0.2, 0.25) is 0 Å². The van der Waals surface area contributed by atoms with Gasteiger partial charge >= 0.3 is 11.9 Å². The van der Waals surface area contributed by atoms with Gasteiger partial charge in [-0.1, -0.05) is 0 Å². The molecule has 1 heterocycles. The molecule has 102 valence electrons. The number of aromatic carboxylic acids is 1. The first kappa shape index (κ1) is 13.0. The fourth-order valence-corrected chi connectivity index (χ4v) is 1.75. The van der Waals surface area contributed by atoms with Gasteiger partial charge in [0.25, 0.3) is 0 Å². The molecule has 0 bridgehead atoms. The van der Waals surface area contributed by atoms with Gasteiger partial charge in [0.05, 0.1) is 25.0 Å². The highest BCUT2D eigenvalue weighted by atomic mass is 16.6. The van der Waals surface area contributed by atoms with Crippen molar-refractivity contribution in [2.24, 2.45) is 0 Å². The monoisotopic (exact) mass is 267 g/mol. The molecule has 19 heavy (non-hydrogen) atoms. The van der Waals surface area contributed by atoms with Gasteiger partial charge in [0, 0.05) is 18.6 Å². The molecule has 1 aromatic rings. The summed E-state index contributed by atoms with van der Waals surface area (Å²) < 4.78 is 15.3. The summed E-state index contributed by atoms with van der Waals surface area (Å²) in [6.07, 6.45) is -0.339. The van der Waals surface area contributed by atoms with Crippen molar-refractivity contribution in [2.75, 3.05) is 19.5 Å². The molecule has 1 aliphatic rings. The average molecular weight is 267 g/mol. The van der Waals surface area contributed by atoms with Gasteiger partial charge in [0.15, 0.2) is 17.6 Å². The lowest BCUT2D eigenvalue weighted by atomic mass is 10.1. The number of cyclic esters (lactones) is 1. The summed E-state index contributed by atoms with van der Waals surface area (Å²) >= 11 is 0. The highest BCUT2D eigenvalue weighted by Crippen LogP contribution is 2.33. The van der Waals surface area contributed by atoms with Crippen molar-refractivity contribution in [2.45, 2.75) is 12.5 Å². The Balaban J connectivity index is 2.34. The quantitative estimate of drug-likeness (QED) is 0.609. The molecule has 0 radical (unpaired) electrons. The number of esters is 1. The fourth-order valence-electron chi connectivity index (χ4n) is 1.75. The summed E-state index contributed by atoms with van der Waals surface area (Å²) in [5.74, 6) is -1.24. The zero-order valence-electron chi connectivity index (χ0n) is 10.2. The van der Waals surface area contributed by atoms with Crippen molar-refractivity contribution in [3.05, 3.63) is 17.7 Å². The van der Waals surface area contributed by atoms with Crippen molar-refractivity contribution in [1.29, 1.82) is 0 Å². The second kappa shape index (κ2) is 5.05. The van der Waals surface area contributed by atoms with Crippen molar-refractivity contribution in [3.63, 3.8) is 0 Å². The number of methoxy groups -OCH3 is 1. The van der Waals surface area contributed by atoms with E-state index in [0.717, 1.165) is 0 Å². The minimum Gasteiger partial charge on any atom is -0.493 e. The molecule has 0 saturated carbocycles. The first-order chi connectivity index (χ1) is 9.02. The Morgan fingerprint density at radius 2 is 2.21 bits per heavy atom. The molecule has 1 atom stereocenters. The summed E-state index contributed by atoms with van der Waals surface area (Å²) in [5, 5.41) is 9.00. The van der Waals surface area contributed by atoms with Gasteiger partial charge in [-0.15, -0.1) is 0 Å². The van der Waals surface area contributed by atoms with Gasteiger partial charge in [-0.2, -0.15) is 0 Å². The third kappa shape index (κ3) is 2.54. The summed E-state index contributed by atoms with van der Waals surface area (Å²) in [4.78, 5) is 22.3. The lowest BCUT2D eigenvalue weighted by Gasteiger charge is -2.15. The minimum atomic E-state index is -1.18. The Hall–Kier alpha value is -2.44. The zero-order valence-corrected chi connectivity index (χ0v) is 10.2. The van der Waals surface area contributed by atoms with Gasteiger partial charge in [0.1, 0.15) is 0 Å². The number of rotatable bonds is 4. The molecule has 1 aliphatic heterocycles. The molecule has 0 aromatic heterocycles. The van der Waals surface area contributed by atoms with Crippen molar-refractivity contribution < 1.29 is 28.9 Å². The van der Waals surface area contributed by atoms with Crippen LogP contribution in [0.1, 0.15) is 16.8 Å². The molecule has 0 spiro atoms. The lowest BCUT2D eigenvalue weighted by Crippen LogP contribution is -2.22. The molecular weight excluding hydrogens is 254 g/mol. The predicted molar refractivity (Wildman–Crippen MR) is 64.4 cm³/mol. The molecule has 0 amide bonds. The minimum absolute atomic E-state index is 0.0608. The van der Waals surface area contributed by atoms with Crippen LogP contribution in [0.15, 0.2) is 12.1 Å². The number of anilines is 1. The summed E-state index contributed by atoms with van der Waals surface area (Å²) in [7, 11) is 1.40. The number of benzene rings is 1. The van der Waals surface area contributed by atoms with Crippen LogP contribution in [0.25, 0.3) is 0 Å². The maximum atomic E-state index is 11.3. The molecule has 1 saturated heterocycles. The Morgan fingerprint density at radius 3 is 2.74 bits per heavy atom. The van der Waals surface area contributed by atoms with Crippen LogP contribution in [-0.2, 0) is 9.53 Å². The predicted octanol–water partition coefficient (Wildman–Crippen LogP) is 0.670. The van der Waals surface area contributed by atoms with E-state index in [1.165, 1.54) is 19.2 Å². The number of hydrogen-bond donors (Lipinski definition) is 2. The Morgan fingerprint density at radius 1 is 1.47 bits per heavy atom. The normalized spacial score (nSPS) is 17.9. The van der Waals surface area contributed by atoms with E-state index in [2.05, 4.69) is 0 Å². The van der Waals surface area contributed by atoms with Gasteiger partial charge in [0.2, 0.25) is 0 Å². The average Bonchev–Trinajstić information content (AvgIpc) is 2.76. The maximum Gasteiger partial charge on any atom is 0.347 e. The van der Waals surface area contributed by atoms with Gasteiger partial charge in [-0.05, 0) is 0 Å². The lowest BCUT2D eigenvalue weighted by molar-refractivity contribution is -0.143. The molecule has 3 N–H and O–H groups in total. The number of ether oxygens (including phenoxy) is 3. The van der Waals surface area contributed by atoms with E-state index in [-0.39, 0.29) is 29.4 Å². The van der Waals surface area contributed by atoms with Gasteiger partial charge in [-0.25, -0.2) is 9.59 Å². The van der Waals surface area contributed by atoms with E-state index in [9.17, 15) is 9.59 Å². The van der Waals surface area contributed by atoms with Gasteiger partial charge in [-0.3, -0.25) is 0 Å². The maximum absolute atomic E-state index is 11.3. The van der Waals surface area contributed by atoms with Crippen LogP contribution in [-0.4, -0.2) is 36.9 Å². The van der Waals surface area contributed by atoms with E-state index < -0.39 is 18.0 Å². The zero-order chi connectivity index (χ0) is 14.0. The fraction of sp³-hybridized carbons (Fsp3) is 0.333. The third-order valence-corrected chi connectivity index (χ3v) is 2.72. The summed E-state index contributed by atoms with van der Waals surface area (Å²) in [5.41, 5.74) is 5.55. The number of nitrogens with two attached hydrogens (primary N) is 1. The van der Waals surface area contributed by atoms with Crippen LogP contribution in [0, 0.1) is 0 Å². The van der Waals surface area contributed by atoms with Crippen LogP contribution >= 0.6 is 0 Å². The number of carboxylic acid groups (broad SMARTS) is 1. The molecule has 7 heteroatoms. The highest BCUT2D eigenvalue weighted by Gasteiger charge is 2.29. The van der Waals surface area contributed by atoms with E-state index >= 15 is 0 Å². The number of carboxylic acids is 1. The van der Waals surface area contributed by atoms with E-state index in [1.54, 1.807) is 0 Å². The molecular formula is C12H13NO6. The Bertz CT molecular complexity index is 527. The highest BCUT2D eigenvalue weighted by molar-refractivity contribution is 5.94. The first-order valence-electron chi connectivity index (χ1n) is 5.57. The SMILES string of the molecule is COc1cc(N)c(C(=O)O)cc1OC1CCOC1=O. The van der Waals surface area contributed by atoms with E-state index in [4.69, 9.17) is 25.1 Å². The largest absolute Gasteiger partial charge is 0.493 e. The molecule has 2 rings (SSSR count). The number of nitrogen functional groups attached to an aromatic ring is 1. The molecule has 1 aromatic carbocycles. The van der Waals surface area contributed by atoms with Crippen LogP contribution in [0.3, 0.4) is 0 Å². The summed E-state index contributed by atoms with van der Waals surface area (Å²) in [6, 6.07) is 2.58. The number of carbonyl (C=O) groups excluding carboxylic acids is 1. The third-order valence-electron chi connectivity index (χ3n) is 2.72. The summed E-state index contributed by atoms with van der Waals surface area (Å²) in [6.45, 7) is 0.284. The van der Waals surface area contributed by atoms with Crippen LogP contribution in [0.5, 0.6) is 11.5 Å². The standard InChI is InChI=1S/C12H13NO6/c1-17-9-5-7(13)6(11(14)15)4-10(9)19-8-2-3-18-12(8)16/h4-5,8H,2-3,13H2,1H3,(H,14,15). The van der Waals surface area contributed by atoms with E-state index in [0.29, 0.717) is 6.42 Å². The second-order valence-electron chi connectivity index (χ2n) is 3.96. The van der Waals surface area contributed by atoms with E-state index in [1.807, 2.05) is 0 Å². The van der Waals surface area contributed by atoms with Gasteiger partial charge < -0.3 is 25.1 Å². The van der Waals surface area contributed by atoms with Crippen LogP contribution < -0.4 is 15.2 Å². The number of carbonyl (C=O) groups is 2. The Kier molecular flexibility index (Phi) is 3.46. The van der Waals surface area contributed by atoms with Crippen LogP contribution in [0.4, 0.5) is 5.69 Å². The topological polar surface area (TPSA) is 108 Å². The molecule has 0 aliphatic carbocycles. The van der Waals surface area contributed by atoms with Crippen molar-refractivity contribution >= 4 is 17.6 Å². The second-order valence-corrected chi connectivity index (χ2v) is 3.96. The first-order valence-corrected chi connectivity index (χ1v) is 5.57. The smallest absolute Gasteiger partial charge is 0.347 e. The molecule has 1 unspecified atom stereocenters. The molecule has 1 fully saturated rings. The van der Waals surface area contributed by atoms with Crippen molar-refractivity contribution in [1.82, 2.24) is 0 Å². The Labute approximate surface area is 108 Å². The number of hydrogen-bond acceptors (Lipinski definition) is 6. The molecule has 7 nitrogen and oxygen atoms in total.